The van der Waals surface area contributed by atoms with Crippen LogP contribution in [-0.4, -0.2) is 41.2 Å². The minimum Gasteiger partial charge on any atom is -0.495 e. The maximum atomic E-state index is 12.9. The number of fused-ring (bicyclic) bond motifs is 2. The number of pyridine rings is 1. The van der Waals surface area contributed by atoms with Crippen molar-refractivity contribution in [3.63, 3.8) is 0 Å². The fourth-order valence-corrected chi connectivity index (χ4v) is 4.96. The third-order valence-corrected chi connectivity index (χ3v) is 7.05. The number of anilines is 2. The first-order valence-corrected chi connectivity index (χ1v) is 11.9. The highest BCUT2D eigenvalue weighted by Gasteiger charge is 2.35. The van der Waals surface area contributed by atoms with Crippen molar-refractivity contribution in [1.29, 1.82) is 0 Å². The van der Waals surface area contributed by atoms with E-state index in [-0.39, 0.29) is 24.3 Å². The Kier molecular flexibility index (Phi) is 6.30. The lowest BCUT2D eigenvalue weighted by Crippen LogP contribution is -2.38. The molecule has 0 atom stereocenters. The molecule has 0 spiro atoms. The van der Waals surface area contributed by atoms with Gasteiger partial charge < -0.3 is 25.2 Å². The summed E-state index contributed by atoms with van der Waals surface area (Å²) in [5, 5.41) is 18.0. The number of ether oxygens (including phenoxy) is 2. The zero-order chi connectivity index (χ0) is 24.4. The average Bonchev–Trinajstić information content (AvgIpc) is 2.87. The lowest BCUT2D eigenvalue weighted by Gasteiger charge is -2.35. The van der Waals surface area contributed by atoms with Crippen molar-refractivity contribution in [2.75, 3.05) is 24.4 Å². The molecule has 0 unspecified atom stereocenters. The summed E-state index contributed by atoms with van der Waals surface area (Å²) < 4.78 is 10.7. The van der Waals surface area contributed by atoms with Crippen molar-refractivity contribution in [3.05, 3.63) is 54.2 Å². The van der Waals surface area contributed by atoms with Gasteiger partial charge in [0, 0.05) is 17.0 Å². The highest BCUT2D eigenvalue weighted by Crippen LogP contribution is 2.37. The summed E-state index contributed by atoms with van der Waals surface area (Å²) in [4.78, 5) is 28.9. The lowest BCUT2D eigenvalue weighted by molar-refractivity contribution is -0.123. The molecular formula is C27H29N3O5. The fraction of sp³-hybridized carbons (Fsp3) is 0.370. The van der Waals surface area contributed by atoms with Gasteiger partial charge in [-0.2, -0.15) is 0 Å². The first-order chi connectivity index (χ1) is 16.9. The number of rotatable bonds is 6. The molecule has 182 valence electrons. The van der Waals surface area contributed by atoms with Crippen LogP contribution in [0.2, 0.25) is 0 Å². The molecule has 2 heterocycles. The van der Waals surface area contributed by atoms with E-state index in [1.54, 1.807) is 31.5 Å². The summed E-state index contributed by atoms with van der Waals surface area (Å²) in [7, 11) is 1.63. The second-order valence-electron chi connectivity index (χ2n) is 9.39. The standard InChI is InChI=1S/C27H29N3O5/c1-34-20-14-21-17(3-2-4-22(21)28-15-20)7-10-27(33)11-8-18(9-12-27)26(32)29-19-5-6-24-23(13-19)30-25(31)16-35-24/h2-6,13-15,18,33H,7-12,16H2,1H3,(H,29,32)(H,30,31)/t18-,27+. The van der Waals surface area contributed by atoms with Gasteiger partial charge in [-0.15, -0.1) is 0 Å². The highest BCUT2D eigenvalue weighted by molar-refractivity contribution is 5.98. The van der Waals surface area contributed by atoms with Crippen LogP contribution in [-0.2, 0) is 16.0 Å². The fourth-order valence-electron chi connectivity index (χ4n) is 4.96. The summed E-state index contributed by atoms with van der Waals surface area (Å²) in [6.45, 7) is -0.00470. The van der Waals surface area contributed by atoms with Gasteiger partial charge in [0.1, 0.15) is 11.5 Å². The molecule has 2 amide bonds. The largest absolute Gasteiger partial charge is 0.495 e. The molecule has 1 aliphatic heterocycles. The number of carbonyl (C=O) groups excluding carboxylic acids is 2. The van der Waals surface area contributed by atoms with Crippen LogP contribution in [0.1, 0.15) is 37.7 Å². The van der Waals surface area contributed by atoms with Gasteiger partial charge in [-0.05, 0) is 74.4 Å². The summed E-state index contributed by atoms with van der Waals surface area (Å²) in [6, 6.07) is 13.2. The Morgan fingerprint density at radius 2 is 2.09 bits per heavy atom. The summed E-state index contributed by atoms with van der Waals surface area (Å²) in [6.07, 6.45) is 5.46. The van der Waals surface area contributed by atoms with Gasteiger partial charge in [-0.25, -0.2) is 0 Å². The van der Waals surface area contributed by atoms with E-state index in [0.29, 0.717) is 55.0 Å². The van der Waals surface area contributed by atoms with E-state index in [9.17, 15) is 14.7 Å². The highest BCUT2D eigenvalue weighted by atomic mass is 16.5. The topological polar surface area (TPSA) is 110 Å². The number of nitrogens with one attached hydrogen (secondary N) is 2. The van der Waals surface area contributed by atoms with Crippen molar-refractivity contribution in [2.24, 2.45) is 5.92 Å². The van der Waals surface area contributed by atoms with E-state index in [2.05, 4.69) is 21.7 Å². The van der Waals surface area contributed by atoms with E-state index >= 15 is 0 Å². The molecule has 1 saturated carbocycles. The van der Waals surface area contributed by atoms with Crippen molar-refractivity contribution in [3.8, 4) is 11.5 Å². The number of carbonyl (C=O) groups is 2. The monoisotopic (exact) mass is 475 g/mol. The SMILES string of the molecule is COc1cnc2cccc(CC[C@]3(O)CC[C@@H](C(=O)Nc4ccc5c(c4)NC(=O)CO5)CC3)c2c1. The molecule has 5 rings (SSSR count). The van der Waals surface area contributed by atoms with Crippen LogP contribution in [0.25, 0.3) is 10.9 Å². The third-order valence-electron chi connectivity index (χ3n) is 7.05. The van der Waals surface area contributed by atoms with Crippen LogP contribution in [0, 0.1) is 5.92 Å². The van der Waals surface area contributed by atoms with Crippen molar-refractivity contribution < 1.29 is 24.2 Å². The molecule has 8 nitrogen and oxygen atoms in total. The predicted molar refractivity (Wildman–Crippen MR) is 133 cm³/mol. The second kappa shape index (κ2) is 9.54. The summed E-state index contributed by atoms with van der Waals surface area (Å²) in [5.74, 6) is 0.853. The van der Waals surface area contributed by atoms with Crippen molar-refractivity contribution >= 4 is 34.1 Å². The van der Waals surface area contributed by atoms with E-state index in [0.717, 1.165) is 22.9 Å². The van der Waals surface area contributed by atoms with E-state index < -0.39 is 5.60 Å². The van der Waals surface area contributed by atoms with Gasteiger partial charge in [0.05, 0.1) is 30.1 Å². The van der Waals surface area contributed by atoms with Crippen LogP contribution in [0.4, 0.5) is 11.4 Å². The van der Waals surface area contributed by atoms with Crippen LogP contribution in [0.5, 0.6) is 11.5 Å². The molecule has 3 aromatic rings. The molecule has 0 bridgehead atoms. The molecule has 0 saturated heterocycles. The Morgan fingerprint density at radius 1 is 1.26 bits per heavy atom. The Bertz CT molecular complexity index is 1270. The van der Waals surface area contributed by atoms with Gasteiger partial charge in [-0.1, -0.05) is 12.1 Å². The molecule has 1 fully saturated rings. The van der Waals surface area contributed by atoms with Crippen LogP contribution in [0.15, 0.2) is 48.7 Å². The van der Waals surface area contributed by atoms with Gasteiger partial charge in [0.2, 0.25) is 5.91 Å². The minimum atomic E-state index is -0.793. The number of hydrogen-bond acceptors (Lipinski definition) is 6. The molecule has 8 heteroatoms. The number of benzene rings is 2. The Morgan fingerprint density at radius 3 is 2.89 bits per heavy atom. The molecule has 1 aliphatic carbocycles. The zero-order valence-corrected chi connectivity index (χ0v) is 19.7. The molecular weight excluding hydrogens is 446 g/mol. The summed E-state index contributed by atoms with van der Waals surface area (Å²) in [5.41, 5.74) is 2.41. The second-order valence-corrected chi connectivity index (χ2v) is 9.39. The van der Waals surface area contributed by atoms with E-state index in [1.807, 2.05) is 18.2 Å². The van der Waals surface area contributed by atoms with Gasteiger partial charge in [0.25, 0.3) is 5.91 Å². The quantitative estimate of drug-likeness (QED) is 0.496. The maximum absolute atomic E-state index is 12.9. The van der Waals surface area contributed by atoms with Crippen molar-refractivity contribution in [1.82, 2.24) is 4.98 Å². The number of amides is 2. The molecule has 0 radical (unpaired) electrons. The van der Waals surface area contributed by atoms with Crippen LogP contribution in [0.3, 0.4) is 0 Å². The molecule has 35 heavy (non-hydrogen) atoms. The Labute approximate surface area is 203 Å². The molecule has 3 N–H and O–H groups in total. The van der Waals surface area contributed by atoms with Crippen LogP contribution >= 0.6 is 0 Å². The predicted octanol–water partition coefficient (Wildman–Crippen LogP) is 4.07. The van der Waals surface area contributed by atoms with Gasteiger partial charge >= 0.3 is 0 Å². The molecule has 1 aromatic heterocycles. The summed E-state index contributed by atoms with van der Waals surface area (Å²) >= 11 is 0. The maximum Gasteiger partial charge on any atom is 0.262 e. The van der Waals surface area contributed by atoms with Crippen LogP contribution < -0.4 is 20.1 Å². The normalized spacial score (nSPS) is 21.5. The van der Waals surface area contributed by atoms with Gasteiger partial charge in [-0.3, -0.25) is 14.6 Å². The first kappa shape index (κ1) is 23.1. The van der Waals surface area contributed by atoms with E-state index in [4.69, 9.17) is 9.47 Å². The average molecular weight is 476 g/mol. The number of hydrogen-bond donors (Lipinski definition) is 3. The number of aliphatic hydroxyl groups is 1. The zero-order valence-electron chi connectivity index (χ0n) is 19.7. The van der Waals surface area contributed by atoms with E-state index in [1.165, 1.54) is 0 Å². The number of aromatic nitrogens is 1. The lowest BCUT2D eigenvalue weighted by atomic mass is 9.75. The molecule has 2 aliphatic rings. The first-order valence-electron chi connectivity index (χ1n) is 11.9. The third kappa shape index (κ3) is 5.07. The number of methoxy groups -OCH3 is 1. The molecule has 2 aromatic carbocycles. The van der Waals surface area contributed by atoms with Crippen molar-refractivity contribution in [2.45, 2.75) is 44.1 Å². The smallest absolute Gasteiger partial charge is 0.262 e. The Hall–Kier alpha value is -3.65. The number of nitrogens with zero attached hydrogens (tertiary/aromatic N) is 1. The Balaban J connectivity index is 1.18. The van der Waals surface area contributed by atoms with Gasteiger partial charge in [0.15, 0.2) is 6.61 Å². The minimum absolute atomic E-state index is 0.00470. The number of aryl methyl sites for hydroxylation is 1.